The van der Waals surface area contributed by atoms with E-state index in [2.05, 4.69) is 5.32 Å². The minimum atomic E-state index is 0.152. The van der Waals surface area contributed by atoms with E-state index < -0.39 is 0 Å². The molecule has 0 aromatic rings. The van der Waals surface area contributed by atoms with Gasteiger partial charge in [-0.2, -0.15) is 0 Å². The van der Waals surface area contributed by atoms with Crippen LogP contribution in [0.2, 0.25) is 0 Å². The van der Waals surface area contributed by atoms with Crippen LogP contribution in [-0.4, -0.2) is 18.0 Å². The zero-order chi connectivity index (χ0) is 11.4. The molecule has 0 saturated heterocycles. The summed E-state index contributed by atoms with van der Waals surface area (Å²) in [7, 11) is 0. The second kappa shape index (κ2) is 5.48. The maximum absolute atomic E-state index is 12.0. The first kappa shape index (κ1) is 11.6. The molecule has 2 aliphatic rings. The molecule has 3 heteroatoms. The molecule has 1 atom stereocenters. The van der Waals surface area contributed by atoms with Gasteiger partial charge in [0.25, 0.3) is 0 Å². The normalized spacial score (nSPS) is 27.3. The van der Waals surface area contributed by atoms with Crippen molar-refractivity contribution in [2.75, 3.05) is 0 Å². The highest BCUT2D eigenvalue weighted by Crippen LogP contribution is 2.20. The first-order valence-corrected chi connectivity index (χ1v) is 6.51. The first-order chi connectivity index (χ1) is 7.75. The van der Waals surface area contributed by atoms with Crippen molar-refractivity contribution in [2.45, 2.75) is 63.5 Å². The van der Waals surface area contributed by atoms with Crippen molar-refractivity contribution < 1.29 is 4.79 Å². The van der Waals surface area contributed by atoms with E-state index in [4.69, 9.17) is 5.73 Å². The lowest BCUT2D eigenvalue weighted by molar-refractivity contribution is -0.118. The molecule has 3 nitrogen and oxygen atoms in total. The summed E-state index contributed by atoms with van der Waals surface area (Å²) in [4.78, 5) is 12.0. The second-order valence-electron chi connectivity index (χ2n) is 5.07. The molecule has 3 N–H and O–H groups in total. The summed E-state index contributed by atoms with van der Waals surface area (Å²) in [6.45, 7) is 0. The molecule has 16 heavy (non-hydrogen) atoms. The minimum Gasteiger partial charge on any atom is -0.350 e. The summed E-state index contributed by atoms with van der Waals surface area (Å²) in [5.41, 5.74) is 6.76. The molecule has 1 fully saturated rings. The van der Waals surface area contributed by atoms with Crippen LogP contribution in [0.1, 0.15) is 51.4 Å². The monoisotopic (exact) mass is 222 g/mol. The molecule has 1 unspecified atom stereocenters. The Bertz CT molecular complexity index is 280. The van der Waals surface area contributed by atoms with Gasteiger partial charge in [-0.05, 0) is 32.1 Å². The van der Waals surface area contributed by atoms with Gasteiger partial charge in [-0.3, -0.25) is 4.79 Å². The summed E-state index contributed by atoms with van der Waals surface area (Å²) in [6.07, 6.45) is 10.8. The summed E-state index contributed by atoms with van der Waals surface area (Å²) in [6, 6.07) is 0.670. The average molecular weight is 222 g/mol. The molecular formula is C13H22N2O. The number of nitrogens with two attached hydrogens (primary N) is 1. The van der Waals surface area contributed by atoms with Crippen molar-refractivity contribution >= 4 is 5.91 Å². The molecular weight excluding hydrogens is 200 g/mol. The van der Waals surface area contributed by atoms with E-state index in [9.17, 15) is 4.79 Å². The molecule has 2 aliphatic carbocycles. The fourth-order valence-corrected chi connectivity index (χ4v) is 2.59. The summed E-state index contributed by atoms with van der Waals surface area (Å²) in [5.74, 6) is 0.152. The molecule has 90 valence electrons. The average Bonchev–Trinajstić information content (AvgIpc) is 2.31. The van der Waals surface area contributed by atoms with Crippen LogP contribution in [0.5, 0.6) is 0 Å². The molecule has 0 heterocycles. The van der Waals surface area contributed by atoms with Crippen molar-refractivity contribution in [3.8, 4) is 0 Å². The molecule has 1 amide bonds. The Morgan fingerprint density at radius 2 is 2.00 bits per heavy atom. The van der Waals surface area contributed by atoms with Crippen molar-refractivity contribution in [1.29, 1.82) is 0 Å². The molecule has 2 rings (SSSR count). The number of hydrogen-bond acceptors (Lipinski definition) is 2. The summed E-state index contributed by atoms with van der Waals surface area (Å²) >= 11 is 0. The van der Waals surface area contributed by atoms with Gasteiger partial charge < -0.3 is 11.1 Å². The third-order valence-electron chi connectivity index (χ3n) is 3.68. The lowest BCUT2D eigenvalue weighted by atomic mass is 9.93. The third-order valence-corrected chi connectivity index (χ3v) is 3.68. The second-order valence-corrected chi connectivity index (χ2v) is 5.07. The van der Waals surface area contributed by atoms with E-state index >= 15 is 0 Å². The Labute approximate surface area is 97.5 Å². The number of carbonyl (C=O) groups excluding carboxylic acids is 1. The Hall–Kier alpha value is -0.830. The van der Waals surface area contributed by atoms with E-state index in [1.54, 1.807) is 0 Å². The molecule has 0 aromatic heterocycles. The number of nitrogens with one attached hydrogen (secondary N) is 1. The Morgan fingerprint density at radius 1 is 1.25 bits per heavy atom. The van der Waals surface area contributed by atoms with Crippen LogP contribution in [-0.2, 0) is 4.79 Å². The van der Waals surface area contributed by atoms with E-state index in [0.717, 1.165) is 37.7 Å². The highest BCUT2D eigenvalue weighted by Gasteiger charge is 2.20. The van der Waals surface area contributed by atoms with Gasteiger partial charge >= 0.3 is 0 Å². The zero-order valence-corrected chi connectivity index (χ0v) is 9.87. The number of amides is 1. The van der Waals surface area contributed by atoms with E-state index in [1.807, 2.05) is 6.08 Å². The highest BCUT2D eigenvalue weighted by molar-refractivity contribution is 5.93. The fraction of sp³-hybridized carbons (Fsp3) is 0.769. The summed E-state index contributed by atoms with van der Waals surface area (Å²) < 4.78 is 0. The van der Waals surface area contributed by atoms with Gasteiger partial charge in [0.2, 0.25) is 5.91 Å². The van der Waals surface area contributed by atoms with Crippen LogP contribution in [0.3, 0.4) is 0 Å². The third kappa shape index (κ3) is 3.08. The Morgan fingerprint density at radius 3 is 2.62 bits per heavy atom. The van der Waals surface area contributed by atoms with Gasteiger partial charge in [-0.25, -0.2) is 0 Å². The van der Waals surface area contributed by atoms with Crippen LogP contribution in [0.4, 0.5) is 0 Å². The van der Waals surface area contributed by atoms with Crippen LogP contribution < -0.4 is 11.1 Å². The van der Waals surface area contributed by atoms with Crippen LogP contribution >= 0.6 is 0 Å². The first-order valence-electron chi connectivity index (χ1n) is 6.51. The number of hydrogen-bond donors (Lipinski definition) is 2. The fourth-order valence-electron chi connectivity index (χ4n) is 2.59. The largest absolute Gasteiger partial charge is 0.350 e. The van der Waals surface area contributed by atoms with Gasteiger partial charge in [0.15, 0.2) is 0 Å². The van der Waals surface area contributed by atoms with Crippen molar-refractivity contribution in [3.05, 3.63) is 11.6 Å². The lowest BCUT2D eigenvalue weighted by Gasteiger charge is -2.24. The SMILES string of the molecule is NC1CC=C(C(=O)NC2CCCCC2)CC1. The highest BCUT2D eigenvalue weighted by atomic mass is 16.1. The van der Waals surface area contributed by atoms with Crippen LogP contribution in [0, 0.1) is 0 Å². The quantitative estimate of drug-likeness (QED) is 0.749. The van der Waals surface area contributed by atoms with Gasteiger partial charge in [0.05, 0.1) is 0 Å². The van der Waals surface area contributed by atoms with Crippen molar-refractivity contribution in [1.82, 2.24) is 5.32 Å². The molecule has 0 aromatic carbocycles. The van der Waals surface area contributed by atoms with E-state index in [-0.39, 0.29) is 11.9 Å². The maximum Gasteiger partial charge on any atom is 0.247 e. The van der Waals surface area contributed by atoms with Crippen molar-refractivity contribution in [3.63, 3.8) is 0 Å². The smallest absolute Gasteiger partial charge is 0.247 e. The molecule has 1 saturated carbocycles. The Balaban J connectivity index is 1.83. The maximum atomic E-state index is 12.0. The van der Waals surface area contributed by atoms with E-state index in [1.165, 1.54) is 19.3 Å². The van der Waals surface area contributed by atoms with E-state index in [0.29, 0.717) is 6.04 Å². The van der Waals surface area contributed by atoms with Gasteiger partial charge in [-0.15, -0.1) is 0 Å². The Kier molecular flexibility index (Phi) is 3.99. The topological polar surface area (TPSA) is 55.1 Å². The molecule has 0 bridgehead atoms. The standard InChI is InChI=1S/C13H22N2O/c14-11-8-6-10(7-9-11)13(16)15-12-4-2-1-3-5-12/h6,11-12H,1-5,7-9,14H2,(H,15,16). The number of carbonyl (C=O) groups is 1. The predicted molar refractivity (Wildman–Crippen MR) is 64.9 cm³/mol. The minimum absolute atomic E-state index is 0.152. The molecule has 0 radical (unpaired) electrons. The molecule has 0 spiro atoms. The zero-order valence-electron chi connectivity index (χ0n) is 9.87. The van der Waals surface area contributed by atoms with Gasteiger partial charge in [-0.1, -0.05) is 25.3 Å². The predicted octanol–water partition coefficient (Wildman–Crippen LogP) is 1.87. The van der Waals surface area contributed by atoms with Gasteiger partial charge in [0, 0.05) is 17.7 Å². The van der Waals surface area contributed by atoms with Gasteiger partial charge in [0.1, 0.15) is 0 Å². The number of rotatable bonds is 2. The lowest BCUT2D eigenvalue weighted by Crippen LogP contribution is -2.38. The van der Waals surface area contributed by atoms with Crippen LogP contribution in [0.15, 0.2) is 11.6 Å². The molecule has 0 aliphatic heterocycles. The van der Waals surface area contributed by atoms with Crippen molar-refractivity contribution in [2.24, 2.45) is 5.73 Å². The summed E-state index contributed by atoms with van der Waals surface area (Å²) in [5, 5.41) is 3.16. The van der Waals surface area contributed by atoms with Crippen LogP contribution in [0.25, 0.3) is 0 Å².